The number of anilines is 2. The Morgan fingerprint density at radius 2 is 1.38 bits per heavy atom. The smallest absolute Gasteiger partial charge is 0.0612 e. The van der Waals surface area contributed by atoms with Gasteiger partial charge in [-0.1, -0.05) is 63.0 Å². The highest BCUT2D eigenvalue weighted by Crippen LogP contribution is 2.28. The first-order valence-electron chi connectivity index (χ1n) is 7.35. The molecule has 0 aliphatic rings. The van der Waals surface area contributed by atoms with E-state index in [-0.39, 0.29) is 0 Å². The van der Waals surface area contributed by atoms with Crippen LogP contribution in [0, 0.1) is 13.8 Å². The first kappa shape index (κ1) is 19.8. The van der Waals surface area contributed by atoms with Crippen LogP contribution in [0.15, 0.2) is 36.4 Å². The third kappa shape index (κ3) is 6.41. The zero-order chi connectivity index (χ0) is 16.4. The van der Waals surface area contributed by atoms with Crippen LogP contribution >= 0.6 is 23.2 Å². The largest absolute Gasteiger partial charge is 0.355 e. The Labute approximate surface area is 139 Å². The van der Waals surface area contributed by atoms with Crippen LogP contribution in [0.2, 0.25) is 10.0 Å². The summed E-state index contributed by atoms with van der Waals surface area (Å²) in [5.74, 6) is 0. The molecule has 1 N–H and O–H groups in total. The molecule has 1 nitrogen and oxygen atoms in total. The molecule has 0 amide bonds. The summed E-state index contributed by atoms with van der Waals surface area (Å²) in [5, 5.41) is 4.46. The van der Waals surface area contributed by atoms with E-state index in [2.05, 4.69) is 37.4 Å². The number of hydrogen-bond donors (Lipinski definition) is 1. The lowest BCUT2D eigenvalue weighted by molar-refractivity contribution is 1.38. The van der Waals surface area contributed by atoms with Crippen molar-refractivity contribution >= 4 is 34.6 Å². The number of halogens is 2. The maximum atomic E-state index is 5.98. The van der Waals surface area contributed by atoms with Gasteiger partial charge in [-0.3, -0.25) is 0 Å². The van der Waals surface area contributed by atoms with Crippen LogP contribution < -0.4 is 5.32 Å². The molecule has 0 fully saturated rings. The van der Waals surface area contributed by atoms with Crippen molar-refractivity contribution in [3.05, 3.63) is 57.6 Å². The second-order valence-corrected chi connectivity index (χ2v) is 4.89. The highest BCUT2D eigenvalue weighted by Gasteiger charge is 2.02. The van der Waals surface area contributed by atoms with Gasteiger partial charge in [0.15, 0.2) is 0 Å². The van der Waals surface area contributed by atoms with Crippen LogP contribution in [-0.2, 0) is 0 Å². The van der Waals surface area contributed by atoms with Gasteiger partial charge in [-0.15, -0.1) is 0 Å². The molecule has 21 heavy (non-hydrogen) atoms. The zero-order valence-corrected chi connectivity index (χ0v) is 15.2. The van der Waals surface area contributed by atoms with Gasteiger partial charge in [0.1, 0.15) is 0 Å². The van der Waals surface area contributed by atoms with E-state index in [1.165, 1.54) is 11.1 Å². The van der Waals surface area contributed by atoms with Gasteiger partial charge in [-0.2, -0.15) is 0 Å². The first-order valence-corrected chi connectivity index (χ1v) is 8.11. The van der Waals surface area contributed by atoms with Crippen molar-refractivity contribution in [3.8, 4) is 0 Å². The van der Waals surface area contributed by atoms with E-state index in [9.17, 15) is 0 Å². The van der Waals surface area contributed by atoms with Crippen molar-refractivity contribution in [2.75, 3.05) is 5.32 Å². The van der Waals surface area contributed by atoms with Crippen LogP contribution in [-0.4, -0.2) is 0 Å². The van der Waals surface area contributed by atoms with E-state index in [1.54, 1.807) is 6.07 Å². The second kappa shape index (κ2) is 10.5. The molecule has 116 valence electrons. The average molecular weight is 326 g/mol. The molecule has 0 unspecified atom stereocenters. The maximum absolute atomic E-state index is 5.98. The Kier molecular flexibility index (Phi) is 9.94. The predicted molar refractivity (Wildman–Crippen MR) is 98.4 cm³/mol. The van der Waals surface area contributed by atoms with Crippen molar-refractivity contribution < 1.29 is 0 Å². The summed E-state index contributed by atoms with van der Waals surface area (Å²) in [7, 11) is 0. The minimum Gasteiger partial charge on any atom is -0.355 e. The Balaban J connectivity index is 0.000000921. The van der Waals surface area contributed by atoms with Crippen molar-refractivity contribution in [1.29, 1.82) is 0 Å². The summed E-state index contributed by atoms with van der Waals surface area (Å²) in [5.41, 5.74) is 4.44. The van der Waals surface area contributed by atoms with Gasteiger partial charge in [0.05, 0.1) is 10.0 Å². The van der Waals surface area contributed by atoms with E-state index in [1.807, 2.05) is 39.8 Å². The zero-order valence-electron chi connectivity index (χ0n) is 13.7. The molecule has 0 radical (unpaired) electrons. The molecule has 2 rings (SSSR count). The average Bonchev–Trinajstić information content (AvgIpc) is 2.51. The molecule has 0 atom stereocenters. The molecular weight excluding hydrogens is 301 g/mol. The normalized spacial score (nSPS) is 8.95. The van der Waals surface area contributed by atoms with Gasteiger partial charge < -0.3 is 5.32 Å². The van der Waals surface area contributed by atoms with Gasteiger partial charge in [0.25, 0.3) is 0 Å². The summed E-state index contributed by atoms with van der Waals surface area (Å²) in [6.07, 6.45) is 0. The van der Waals surface area contributed by atoms with Gasteiger partial charge in [0, 0.05) is 11.4 Å². The minimum atomic E-state index is 0.557. The molecule has 0 aromatic heterocycles. The second-order valence-electron chi connectivity index (χ2n) is 4.07. The van der Waals surface area contributed by atoms with Crippen molar-refractivity contribution in [2.45, 2.75) is 41.5 Å². The summed E-state index contributed by atoms with van der Waals surface area (Å²) in [6, 6.07) is 11.8. The summed E-state index contributed by atoms with van der Waals surface area (Å²) in [6.45, 7) is 12.1. The topological polar surface area (TPSA) is 12.0 Å². The molecule has 0 bridgehead atoms. The molecular formula is C18H25Cl2N. The minimum absolute atomic E-state index is 0.557. The Morgan fingerprint density at radius 1 is 0.762 bits per heavy atom. The van der Waals surface area contributed by atoms with Crippen molar-refractivity contribution in [1.82, 2.24) is 0 Å². The molecule has 0 aliphatic carbocycles. The monoisotopic (exact) mass is 325 g/mol. The van der Waals surface area contributed by atoms with Gasteiger partial charge in [-0.25, -0.2) is 0 Å². The molecule has 3 heteroatoms. The van der Waals surface area contributed by atoms with Crippen LogP contribution in [0.4, 0.5) is 11.4 Å². The lowest BCUT2D eigenvalue weighted by Gasteiger charge is -2.11. The van der Waals surface area contributed by atoms with Crippen LogP contribution in [0.25, 0.3) is 0 Å². The SMILES string of the molecule is CC.CC.Cc1ccc(C)c(Nc2ccc(Cl)c(Cl)c2)c1. The van der Waals surface area contributed by atoms with Crippen LogP contribution in [0.3, 0.4) is 0 Å². The fraction of sp³-hybridized carbons (Fsp3) is 0.333. The lowest BCUT2D eigenvalue weighted by Crippen LogP contribution is -1.93. The van der Waals surface area contributed by atoms with E-state index in [4.69, 9.17) is 23.2 Å². The predicted octanol–water partition coefficient (Wildman–Crippen LogP) is 7.41. The Morgan fingerprint density at radius 3 is 1.95 bits per heavy atom. The van der Waals surface area contributed by atoms with Crippen molar-refractivity contribution in [3.63, 3.8) is 0 Å². The molecule has 0 heterocycles. The Hall–Kier alpha value is -1.18. The molecule has 0 saturated heterocycles. The van der Waals surface area contributed by atoms with E-state index in [0.717, 1.165) is 11.4 Å². The molecule has 2 aromatic rings. The van der Waals surface area contributed by atoms with Gasteiger partial charge >= 0.3 is 0 Å². The van der Waals surface area contributed by atoms with Crippen LogP contribution in [0.1, 0.15) is 38.8 Å². The molecule has 0 aliphatic heterocycles. The summed E-state index contributed by atoms with van der Waals surface area (Å²) in [4.78, 5) is 0. The number of rotatable bonds is 2. The third-order valence-electron chi connectivity index (χ3n) is 2.59. The van der Waals surface area contributed by atoms with Gasteiger partial charge in [0.2, 0.25) is 0 Å². The maximum Gasteiger partial charge on any atom is 0.0612 e. The fourth-order valence-corrected chi connectivity index (χ4v) is 1.90. The Bertz CT molecular complexity index is 551. The highest BCUT2D eigenvalue weighted by molar-refractivity contribution is 6.42. The quantitative estimate of drug-likeness (QED) is 0.606. The molecule has 0 spiro atoms. The molecule has 2 aromatic carbocycles. The van der Waals surface area contributed by atoms with Crippen LogP contribution in [0.5, 0.6) is 0 Å². The number of nitrogens with one attached hydrogen (secondary N) is 1. The summed E-state index contributed by atoms with van der Waals surface area (Å²) < 4.78 is 0. The number of benzene rings is 2. The third-order valence-corrected chi connectivity index (χ3v) is 3.33. The fourth-order valence-electron chi connectivity index (χ4n) is 1.60. The van der Waals surface area contributed by atoms with E-state index in [0.29, 0.717) is 10.0 Å². The summed E-state index contributed by atoms with van der Waals surface area (Å²) >= 11 is 11.9. The number of hydrogen-bond acceptors (Lipinski definition) is 1. The van der Waals surface area contributed by atoms with E-state index < -0.39 is 0 Å². The molecule has 0 saturated carbocycles. The highest BCUT2D eigenvalue weighted by atomic mass is 35.5. The lowest BCUT2D eigenvalue weighted by atomic mass is 10.1. The first-order chi connectivity index (χ1) is 10.1. The van der Waals surface area contributed by atoms with Gasteiger partial charge in [-0.05, 0) is 49.2 Å². The van der Waals surface area contributed by atoms with E-state index >= 15 is 0 Å². The standard InChI is InChI=1S/C14H13Cl2N.2C2H6/c1-9-3-4-10(2)14(7-9)17-11-5-6-12(15)13(16)8-11;2*1-2/h3-8,17H,1-2H3;2*1-2H3. The number of aryl methyl sites for hydroxylation is 2. The van der Waals surface area contributed by atoms with Crippen molar-refractivity contribution in [2.24, 2.45) is 0 Å².